The van der Waals surface area contributed by atoms with Gasteiger partial charge in [0, 0.05) is 6.20 Å². The van der Waals surface area contributed by atoms with Gasteiger partial charge < -0.3 is 5.32 Å². The molecule has 0 saturated carbocycles. The van der Waals surface area contributed by atoms with Crippen molar-refractivity contribution in [1.29, 1.82) is 0 Å². The molecule has 2 heterocycles. The summed E-state index contributed by atoms with van der Waals surface area (Å²) in [6, 6.07) is 5.46. The van der Waals surface area contributed by atoms with Crippen LogP contribution >= 0.6 is 0 Å². The highest BCUT2D eigenvalue weighted by atomic mass is 32.2. The first kappa shape index (κ1) is 12.5. The molecule has 1 aliphatic rings. The first-order chi connectivity index (χ1) is 8.16. The fourth-order valence-corrected chi connectivity index (χ4v) is 3.30. The summed E-state index contributed by atoms with van der Waals surface area (Å²) >= 11 is 0. The Balaban J connectivity index is 1.85. The molecule has 0 radical (unpaired) electrons. The molecule has 17 heavy (non-hydrogen) atoms. The number of hydrogen-bond acceptors (Lipinski definition) is 4. The summed E-state index contributed by atoms with van der Waals surface area (Å²) < 4.78 is 26.2. The van der Waals surface area contributed by atoms with E-state index in [9.17, 15) is 8.42 Å². The molecule has 0 amide bonds. The summed E-state index contributed by atoms with van der Waals surface area (Å²) in [7, 11) is -3.19. The Hall–Kier alpha value is -0.980. The summed E-state index contributed by atoms with van der Waals surface area (Å²) in [5.41, 5.74) is 0.737. The van der Waals surface area contributed by atoms with Crippen molar-refractivity contribution in [2.24, 2.45) is 5.92 Å². The van der Waals surface area contributed by atoms with E-state index < -0.39 is 10.0 Å². The molecule has 5 nitrogen and oxygen atoms in total. The average molecular weight is 255 g/mol. The number of sulfonamides is 1. The molecule has 0 bridgehead atoms. The van der Waals surface area contributed by atoms with Gasteiger partial charge in [0.1, 0.15) is 0 Å². The SMILES string of the molecule is O=S(=O)(CC1CCNC1)NCc1ccccn1. The molecule has 94 valence electrons. The number of rotatable bonds is 5. The van der Waals surface area contributed by atoms with E-state index in [2.05, 4.69) is 15.0 Å². The van der Waals surface area contributed by atoms with Gasteiger partial charge >= 0.3 is 0 Å². The molecule has 6 heteroatoms. The Bertz CT molecular complexity index is 441. The summed E-state index contributed by atoms with van der Waals surface area (Å²) in [4.78, 5) is 4.07. The molecule has 1 unspecified atom stereocenters. The Morgan fingerprint density at radius 2 is 2.35 bits per heavy atom. The second-order valence-corrected chi connectivity index (χ2v) is 6.13. The number of nitrogens with zero attached hydrogens (tertiary/aromatic N) is 1. The van der Waals surface area contributed by atoms with Crippen LogP contribution in [0.1, 0.15) is 12.1 Å². The lowest BCUT2D eigenvalue weighted by Gasteiger charge is -2.10. The van der Waals surface area contributed by atoms with Gasteiger partial charge in [0.15, 0.2) is 0 Å². The van der Waals surface area contributed by atoms with E-state index in [1.54, 1.807) is 12.3 Å². The fourth-order valence-electron chi connectivity index (χ4n) is 1.91. The van der Waals surface area contributed by atoms with Crippen LogP contribution in [0, 0.1) is 5.92 Å². The van der Waals surface area contributed by atoms with Crippen LogP contribution in [-0.2, 0) is 16.6 Å². The zero-order chi connectivity index (χ0) is 12.1. The highest BCUT2D eigenvalue weighted by Gasteiger charge is 2.21. The summed E-state index contributed by atoms with van der Waals surface area (Å²) in [6.07, 6.45) is 2.59. The van der Waals surface area contributed by atoms with Crippen LogP contribution in [0.2, 0.25) is 0 Å². The molecule has 1 aromatic heterocycles. The van der Waals surface area contributed by atoms with Crippen molar-refractivity contribution >= 4 is 10.0 Å². The van der Waals surface area contributed by atoms with Crippen LogP contribution in [0.5, 0.6) is 0 Å². The standard InChI is InChI=1S/C11H17N3O2S/c15-17(16,9-10-4-6-12-7-10)14-8-11-3-1-2-5-13-11/h1-3,5,10,12,14H,4,6-9H2. The van der Waals surface area contributed by atoms with Crippen molar-refractivity contribution < 1.29 is 8.42 Å². The van der Waals surface area contributed by atoms with Gasteiger partial charge in [-0.15, -0.1) is 0 Å². The van der Waals surface area contributed by atoms with Gasteiger partial charge in [-0.25, -0.2) is 13.1 Å². The topological polar surface area (TPSA) is 71.1 Å². The van der Waals surface area contributed by atoms with Gasteiger partial charge in [0.2, 0.25) is 10.0 Å². The van der Waals surface area contributed by atoms with Gasteiger partial charge in [-0.05, 0) is 37.6 Å². The van der Waals surface area contributed by atoms with Crippen LogP contribution in [0.3, 0.4) is 0 Å². The minimum absolute atomic E-state index is 0.201. The molecule has 1 aromatic rings. The van der Waals surface area contributed by atoms with E-state index in [-0.39, 0.29) is 18.2 Å². The monoisotopic (exact) mass is 255 g/mol. The molecule has 0 aliphatic carbocycles. The second kappa shape index (κ2) is 5.57. The highest BCUT2D eigenvalue weighted by Crippen LogP contribution is 2.10. The molecule has 1 aliphatic heterocycles. The van der Waals surface area contributed by atoms with Crippen LogP contribution in [-0.4, -0.2) is 32.2 Å². The first-order valence-electron chi connectivity index (χ1n) is 5.74. The number of aromatic nitrogens is 1. The Morgan fingerprint density at radius 1 is 1.47 bits per heavy atom. The van der Waals surface area contributed by atoms with Crippen LogP contribution in [0.25, 0.3) is 0 Å². The smallest absolute Gasteiger partial charge is 0.212 e. The van der Waals surface area contributed by atoms with Gasteiger partial charge in [-0.1, -0.05) is 6.07 Å². The molecule has 1 atom stereocenters. The van der Waals surface area contributed by atoms with Crippen LogP contribution < -0.4 is 10.0 Å². The number of pyridine rings is 1. The van der Waals surface area contributed by atoms with E-state index >= 15 is 0 Å². The number of nitrogens with one attached hydrogen (secondary N) is 2. The maximum absolute atomic E-state index is 11.8. The van der Waals surface area contributed by atoms with E-state index in [4.69, 9.17) is 0 Å². The third kappa shape index (κ3) is 4.07. The van der Waals surface area contributed by atoms with E-state index in [0.29, 0.717) is 0 Å². The second-order valence-electron chi connectivity index (χ2n) is 4.28. The van der Waals surface area contributed by atoms with Gasteiger partial charge in [0.05, 0.1) is 18.0 Å². The third-order valence-electron chi connectivity index (χ3n) is 2.82. The lowest BCUT2D eigenvalue weighted by molar-refractivity contribution is 0.556. The number of hydrogen-bond donors (Lipinski definition) is 2. The quantitative estimate of drug-likeness (QED) is 0.783. The summed E-state index contributed by atoms with van der Waals surface area (Å²) in [5.74, 6) is 0.434. The van der Waals surface area contributed by atoms with Crippen molar-refractivity contribution in [1.82, 2.24) is 15.0 Å². The average Bonchev–Trinajstić information content (AvgIpc) is 2.80. The summed E-state index contributed by atoms with van der Waals surface area (Å²) in [5, 5.41) is 3.16. The first-order valence-corrected chi connectivity index (χ1v) is 7.39. The van der Waals surface area contributed by atoms with Crippen molar-refractivity contribution in [3.8, 4) is 0 Å². The maximum Gasteiger partial charge on any atom is 0.212 e. The minimum atomic E-state index is -3.19. The normalized spacial score (nSPS) is 20.6. The van der Waals surface area contributed by atoms with Crippen molar-refractivity contribution in [2.75, 3.05) is 18.8 Å². The third-order valence-corrected chi connectivity index (χ3v) is 4.31. The molecular formula is C11H17N3O2S. The van der Waals surface area contributed by atoms with Crippen molar-refractivity contribution in [2.45, 2.75) is 13.0 Å². The fraction of sp³-hybridized carbons (Fsp3) is 0.545. The largest absolute Gasteiger partial charge is 0.316 e. The highest BCUT2D eigenvalue weighted by molar-refractivity contribution is 7.89. The minimum Gasteiger partial charge on any atom is -0.316 e. The van der Waals surface area contributed by atoms with Crippen molar-refractivity contribution in [3.05, 3.63) is 30.1 Å². The lowest BCUT2D eigenvalue weighted by atomic mass is 10.2. The Labute approximate surface area is 102 Å². The molecular weight excluding hydrogens is 238 g/mol. The van der Waals surface area contributed by atoms with Gasteiger partial charge in [-0.2, -0.15) is 0 Å². The van der Waals surface area contributed by atoms with E-state index in [1.165, 1.54) is 0 Å². The van der Waals surface area contributed by atoms with Gasteiger partial charge in [-0.3, -0.25) is 4.98 Å². The molecule has 1 fully saturated rings. The molecule has 2 rings (SSSR count). The van der Waals surface area contributed by atoms with Crippen molar-refractivity contribution in [3.63, 3.8) is 0 Å². The molecule has 2 N–H and O–H groups in total. The van der Waals surface area contributed by atoms with E-state index in [1.807, 2.05) is 12.1 Å². The zero-order valence-corrected chi connectivity index (χ0v) is 10.4. The predicted molar refractivity (Wildman–Crippen MR) is 65.8 cm³/mol. The summed E-state index contributed by atoms with van der Waals surface area (Å²) in [6.45, 7) is 1.98. The predicted octanol–water partition coefficient (Wildman–Crippen LogP) is 0.110. The van der Waals surface area contributed by atoms with Crippen LogP contribution in [0.4, 0.5) is 0 Å². The molecule has 0 aromatic carbocycles. The molecule has 0 spiro atoms. The van der Waals surface area contributed by atoms with Crippen LogP contribution in [0.15, 0.2) is 24.4 Å². The maximum atomic E-state index is 11.8. The lowest BCUT2D eigenvalue weighted by Crippen LogP contribution is -2.30. The van der Waals surface area contributed by atoms with E-state index in [0.717, 1.165) is 25.2 Å². The Kier molecular flexibility index (Phi) is 4.09. The zero-order valence-electron chi connectivity index (χ0n) is 9.59. The van der Waals surface area contributed by atoms with Gasteiger partial charge in [0.25, 0.3) is 0 Å². The Morgan fingerprint density at radius 3 is 3.00 bits per heavy atom. The molecule has 1 saturated heterocycles.